The quantitative estimate of drug-likeness (QED) is 0.549. The van der Waals surface area contributed by atoms with Crippen molar-refractivity contribution in [1.82, 2.24) is 0 Å². The molecule has 0 aliphatic heterocycles. The van der Waals surface area contributed by atoms with E-state index in [1.807, 2.05) is 32.0 Å². The van der Waals surface area contributed by atoms with Crippen molar-refractivity contribution in [3.8, 4) is 0 Å². The van der Waals surface area contributed by atoms with Gasteiger partial charge in [-0.15, -0.1) is 11.6 Å². The van der Waals surface area contributed by atoms with Gasteiger partial charge in [-0.2, -0.15) is 0 Å². The SMILES string of the molecule is Cc1ccc(C)c(C(=O)CCCCl)c1. The minimum Gasteiger partial charge on any atom is -0.294 e. The van der Waals surface area contributed by atoms with Crippen LogP contribution in [0.5, 0.6) is 0 Å². The normalized spacial score (nSPS) is 10.2. The van der Waals surface area contributed by atoms with Crippen LogP contribution in [-0.4, -0.2) is 11.7 Å². The Morgan fingerprint density at radius 3 is 2.71 bits per heavy atom. The Labute approximate surface area is 90.1 Å². The van der Waals surface area contributed by atoms with E-state index < -0.39 is 0 Å². The molecule has 76 valence electrons. The van der Waals surface area contributed by atoms with Gasteiger partial charge in [0.05, 0.1) is 0 Å². The number of carbonyl (C=O) groups is 1. The Balaban J connectivity index is 2.83. The van der Waals surface area contributed by atoms with Crippen LogP contribution >= 0.6 is 11.6 Å². The molecule has 0 heterocycles. The highest BCUT2D eigenvalue weighted by atomic mass is 35.5. The number of alkyl halides is 1. The van der Waals surface area contributed by atoms with E-state index in [0.717, 1.165) is 23.1 Å². The lowest BCUT2D eigenvalue weighted by Gasteiger charge is -2.05. The molecule has 1 aromatic rings. The van der Waals surface area contributed by atoms with E-state index in [1.165, 1.54) is 0 Å². The molecule has 0 saturated carbocycles. The van der Waals surface area contributed by atoms with E-state index in [2.05, 4.69) is 0 Å². The van der Waals surface area contributed by atoms with E-state index in [0.29, 0.717) is 12.3 Å². The average molecular weight is 211 g/mol. The van der Waals surface area contributed by atoms with Gasteiger partial charge >= 0.3 is 0 Å². The molecule has 0 N–H and O–H groups in total. The Morgan fingerprint density at radius 1 is 1.36 bits per heavy atom. The second-order valence-electron chi connectivity index (χ2n) is 3.53. The molecular weight excluding hydrogens is 196 g/mol. The highest BCUT2D eigenvalue weighted by Gasteiger charge is 2.08. The van der Waals surface area contributed by atoms with E-state index in [4.69, 9.17) is 11.6 Å². The first-order chi connectivity index (χ1) is 6.65. The molecule has 0 aliphatic carbocycles. The standard InChI is InChI=1S/C12H15ClO/c1-9-5-6-10(2)11(8-9)12(14)4-3-7-13/h5-6,8H,3-4,7H2,1-2H3. The minimum atomic E-state index is 0.201. The summed E-state index contributed by atoms with van der Waals surface area (Å²) in [5.74, 6) is 0.753. The maximum absolute atomic E-state index is 11.7. The van der Waals surface area contributed by atoms with Crippen molar-refractivity contribution in [2.45, 2.75) is 26.7 Å². The van der Waals surface area contributed by atoms with Crippen molar-refractivity contribution in [3.63, 3.8) is 0 Å². The summed E-state index contributed by atoms with van der Waals surface area (Å²) >= 11 is 5.55. The van der Waals surface area contributed by atoms with Crippen LogP contribution in [0.1, 0.15) is 34.3 Å². The number of hydrogen-bond acceptors (Lipinski definition) is 1. The molecule has 0 atom stereocenters. The highest BCUT2D eigenvalue weighted by molar-refractivity contribution is 6.18. The van der Waals surface area contributed by atoms with Gasteiger partial charge < -0.3 is 0 Å². The van der Waals surface area contributed by atoms with Crippen molar-refractivity contribution in [2.75, 3.05) is 5.88 Å². The summed E-state index contributed by atoms with van der Waals surface area (Å²) in [6.07, 6.45) is 1.31. The van der Waals surface area contributed by atoms with Crippen molar-refractivity contribution < 1.29 is 4.79 Å². The third-order valence-electron chi connectivity index (χ3n) is 2.23. The summed E-state index contributed by atoms with van der Waals surface area (Å²) in [4.78, 5) is 11.7. The van der Waals surface area contributed by atoms with E-state index in [1.54, 1.807) is 0 Å². The van der Waals surface area contributed by atoms with Crippen LogP contribution in [0.15, 0.2) is 18.2 Å². The summed E-state index contributed by atoms with van der Waals surface area (Å²) in [6, 6.07) is 5.96. The van der Waals surface area contributed by atoms with Crippen molar-refractivity contribution in [2.24, 2.45) is 0 Å². The first-order valence-corrected chi connectivity index (χ1v) is 5.35. The fraction of sp³-hybridized carbons (Fsp3) is 0.417. The Kier molecular flexibility index (Phi) is 4.15. The zero-order valence-electron chi connectivity index (χ0n) is 8.64. The zero-order valence-corrected chi connectivity index (χ0v) is 9.40. The Hall–Kier alpha value is -0.820. The predicted octanol–water partition coefficient (Wildman–Crippen LogP) is 3.51. The third-order valence-corrected chi connectivity index (χ3v) is 2.50. The molecule has 1 nitrogen and oxygen atoms in total. The summed E-state index contributed by atoms with van der Waals surface area (Å²) in [7, 11) is 0. The van der Waals surface area contributed by atoms with Crippen LogP contribution < -0.4 is 0 Å². The minimum absolute atomic E-state index is 0.201. The fourth-order valence-corrected chi connectivity index (χ4v) is 1.53. The number of aryl methyl sites for hydroxylation is 2. The smallest absolute Gasteiger partial charge is 0.163 e. The van der Waals surface area contributed by atoms with Gasteiger partial charge in [-0.3, -0.25) is 4.79 Å². The topological polar surface area (TPSA) is 17.1 Å². The van der Waals surface area contributed by atoms with Crippen LogP contribution in [0.3, 0.4) is 0 Å². The lowest BCUT2D eigenvalue weighted by atomic mass is 10.00. The van der Waals surface area contributed by atoms with Crippen LogP contribution in [0.4, 0.5) is 0 Å². The molecule has 2 heteroatoms. The van der Waals surface area contributed by atoms with E-state index >= 15 is 0 Å². The molecule has 0 radical (unpaired) electrons. The number of ketones is 1. The van der Waals surface area contributed by atoms with Gasteiger partial charge in [0.25, 0.3) is 0 Å². The fourth-order valence-electron chi connectivity index (χ4n) is 1.40. The highest BCUT2D eigenvalue weighted by Crippen LogP contribution is 2.13. The summed E-state index contributed by atoms with van der Waals surface area (Å²) in [6.45, 7) is 3.96. The van der Waals surface area contributed by atoms with Crippen molar-refractivity contribution in [3.05, 3.63) is 34.9 Å². The van der Waals surface area contributed by atoms with Crippen LogP contribution in [0, 0.1) is 13.8 Å². The maximum atomic E-state index is 11.7. The molecule has 0 spiro atoms. The molecule has 14 heavy (non-hydrogen) atoms. The van der Waals surface area contributed by atoms with Gasteiger partial charge in [-0.25, -0.2) is 0 Å². The third kappa shape index (κ3) is 2.85. The monoisotopic (exact) mass is 210 g/mol. The number of Topliss-reactive ketones (excluding diaryl/α,β-unsaturated/α-hetero) is 1. The second kappa shape index (κ2) is 5.16. The second-order valence-corrected chi connectivity index (χ2v) is 3.91. The molecular formula is C12H15ClO. The molecule has 1 rings (SSSR count). The van der Waals surface area contributed by atoms with Crippen molar-refractivity contribution in [1.29, 1.82) is 0 Å². The molecule has 0 amide bonds. The zero-order chi connectivity index (χ0) is 10.6. The number of hydrogen-bond donors (Lipinski definition) is 0. The van der Waals surface area contributed by atoms with Gasteiger partial charge in [0.15, 0.2) is 5.78 Å². The maximum Gasteiger partial charge on any atom is 0.163 e. The van der Waals surface area contributed by atoms with E-state index in [-0.39, 0.29) is 5.78 Å². The van der Waals surface area contributed by atoms with Gasteiger partial charge in [-0.1, -0.05) is 17.7 Å². The summed E-state index contributed by atoms with van der Waals surface area (Å²) in [5.41, 5.74) is 3.02. The molecule has 0 aromatic heterocycles. The molecule has 0 fully saturated rings. The molecule has 1 aromatic carbocycles. The van der Waals surface area contributed by atoms with Gasteiger partial charge in [0.1, 0.15) is 0 Å². The average Bonchev–Trinajstić information content (AvgIpc) is 2.18. The predicted molar refractivity (Wildman–Crippen MR) is 60.2 cm³/mol. The first kappa shape index (κ1) is 11.3. The molecule has 0 bridgehead atoms. The number of carbonyl (C=O) groups excluding carboxylic acids is 1. The lowest BCUT2D eigenvalue weighted by molar-refractivity contribution is 0.0981. The summed E-state index contributed by atoms with van der Waals surface area (Å²) in [5, 5.41) is 0. The van der Waals surface area contributed by atoms with Crippen LogP contribution in [0.25, 0.3) is 0 Å². The number of halogens is 1. The summed E-state index contributed by atoms with van der Waals surface area (Å²) < 4.78 is 0. The van der Waals surface area contributed by atoms with E-state index in [9.17, 15) is 4.79 Å². The van der Waals surface area contributed by atoms with Crippen LogP contribution in [-0.2, 0) is 0 Å². The van der Waals surface area contributed by atoms with Crippen molar-refractivity contribution >= 4 is 17.4 Å². The Morgan fingerprint density at radius 2 is 2.07 bits per heavy atom. The van der Waals surface area contributed by atoms with Gasteiger partial charge in [-0.05, 0) is 31.9 Å². The first-order valence-electron chi connectivity index (χ1n) is 4.81. The van der Waals surface area contributed by atoms with Crippen LogP contribution in [0.2, 0.25) is 0 Å². The number of rotatable bonds is 4. The molecule has 0 saturated heterocycles. The largest absolute Gasteiger partial charge is 0.294 e. The van der Waals surface area contributed by atoms with Gasteiger partial charge in [0.2, 0.25) is 0 Å². The Bertz CT molecular complexity index is 331. The lowest BCUT2D eigenvalue weighted by Crippen LogP contribution is -2.02. The van der Waals surface area contributed by atoms with Gasteiger partial charge in [0, 0.05) is 17.9 Å². The number of benzene rings is 1. The molecule has 0 unspecified atom stereocenters. The molecule has 0 aliphatic rings.